The molecule has 1 unspecified atom stereocenters. The van der Waals surface area contributed by atoms with Gasteiger partial charge in [-0.1, -0.05) is 6.08 Å². The number of allylic oxidation sites excluding steroid dienone is 1. The molecule has 0 saturated heterocycles. The van der Waals surface area contributed by atoms with E-state index >= 15 is 0 Å². The van der Waals surface area contributed by atoms with Crippen molar-refractivity contribution in [3.05, 3.63) is 40.6 Å². The molecule has 0 saturated carbocycles. The first kappa shape index (κ1) is 14.2. The average molecular weight is 249 g/mol. The van der Waals surface area contributed by atoms with E-state index in [1.165, 1.54) is 6.07 Å². The van der Waals surface area contributed by atoms with Crippen LogP contribution >= 0.6 is 0 Å². The smallest absolute Gasteiger partial charge is 0.290 e. The normalized spacial score (nSPS) is 11.9. The Balaban J connectivity index is 2.60. The standard InChI is InChI=1S/C13H19N3O2/c1-4-5-6-7-10(2)14-13-9-8-12(16(17)18)11(3)15-13/h4,8-10H,1,5-7H2,2-3H3,(H,14,15). The third-order valence-electron chi connectivity index (χ3n) is 2.69. The number of aromatic nitrogens is 1. The number of unbranched alkanes of at least 4 members (excludes halogenated alkanes) is 1. The Labute approximate surface area is 107 Å². The van der Waals surface area contributed by atoms with Crippen molar-refractivity contribution in [2.75, 3.05) is 5.32 Å². The van der Waals surface area contributed by atoms with E-state index in [4.69, 9.17) is 0 Å². The zero-order chi connectivity index (χ0) is 13.5. The minimum atomic E-state index is -0.417. The van der Waals surface area contributed by atoms with E-state index in [-0.39, 0.29) is 5.69 Å². The number of pyridine rings is 1. The van der Waals surface area contributed by atoms with Gasteiger partial charge < -0.3 is 5.32 Å². The lowest BCUT2D eigenvalue weighted by atomic mass is 10.1. The summed E-state index contributed by atoms with van der Waals surface area (Å²) in [4.78, 5) is 14.4. The maximum atomic E-state index is 10.7. The topological polar surface area (TPSA) is 68.1 Å². The summed E-state index contributed by atoms with van der Waals surface area (Å²) in [5.74, 6) is 0.684. The number of nitrogens with zero attached hydrogens (tertiary/aromatic N) is 2. The zero-order valence-corrected chi connectivity index (χ0v) is 10.8. The molecule has 0 fully saturated rings. The highest BCUT2D eigenvalue weighted by Crippen LogP contribution is 2.18. The van der Waals surface area contributed by atoms with E-state index in [1.54, 1.807) is 13.0 Å². The predicted molar refractivity (Wildman–Crippen MR) is 72.8 cm³/mol. The van der Waals surface area contributed by atoms with Gasteiger partial charge >= 0.3 is 0 Å². The molecule has 0 aliphatic rings. The fraction of sp³-hybridized carbons (Fsp3) is 0.462. The predicted octanol–water partition coefficient (Wildman–Crippen LogP) is 3.45. The van der Waals surface area contributed by atoms with Crippen LogP contribution in [-0.2, 0) is 0 Å². The van der Waals surface area contributed by atoms with Gasteiger partial charge in [0.25, 0.3) is 5.69 Å². The Hall–Kier alpha value is -1.91. The Morgan fingerprint density at radius 3 is 2.89 bits per heavy atom. The van der Waals surface area contributed by atoms with Crippen molar-refractivity contribution in [2.45, 2.75) is 39.2 Å². The second-order valence-electron chi connectivity index (χ2n) is 4.32. The van der Waals surface area contributed by atoms with Gasteiger partial charge in [0.1, 0.15) is 11.5 Å². The lowest BCUT2D eigenvalue weighted by Crippen LogP contribution is -2.16. The molecule has 1 rings (SSSR count). The SMILES string of the molecule is C=CCCCC(C)Nc1ccc([N+](=O)[O-])c(C)n1. The van der Waals surface area contributed by atoms with Crippen molar-refractivity contribution in [3.63, 3.8) is 0 Å². The van der Waals surface area contributed by atoms with Crippen LogP contribution in [0.25, 0.3) is 0 Å². The first-order valence-corrected chi connectivity index (χ1v) is 6.04. The van der Waals surface area contributed by atoms with Gasteiger partial charge in [-0.2, -0.15) is 0 Å². The highest BCUT2D eigenvalue weighted by atomic mass is 16.6. The second kappa shape index (κ2) is 6.74. The van der Waals surface area contributed by atoms with Gasteiger partial charge in [0.15, 0.2) is 0 Å². The van der Waals surface area contributed by atoms with Gasteiger partial charge in [0, 0.05) is 12.1 Å². The fourth-order valence-electron chi connectivity index (χ4n) is 1.72. The van der Waals surface area contributed by atoms with Crippen LogP contribution in [0.5, 0.6) is 0 Å². The minimum Gasteiger partial charge on any atom is -0.368 e. The van der Waals surface area contributed by atoms with Crippen LogP contribution in [-0.4, -0.2) is 15.9 Å². The molecular formula is C13H19N3O2. The van der Waals surface area contributed by atoms with Crippen LogP contribution in [0.4, 0.5) is 11.5 Å². The van der Waals surface area contributed by atoms with Gasteiger partial charge in [0.05, 0.1) is 4.92 Å². The maximum Gasteiger partial charge on any atom is 0.290 e. The fourth-order valence-corrected chi connectivity index (χ4v) is 1.72. The molecule has 1 atom stereocenters. The van der Waals surface area contributed by atoms with Crippen LogP contribution in [0, 0.1) is 17.0 Å². The van der Waals surface area contributed by atoms with Crippen molar-refractivity contribution in [1.82, 2.24) is 4.98 Å². The number of anilines is 1. The van der Waals surface area contributed by atoms with Gasteiger partial charge in [-0.25, -0.2) is 4.98 Å². The van der Waals surface area contributed by atoms with E-state index in [9.17, 15) is 10.1 Å². The number of hydrogen-bond acceptors (Lipinski definition) is 4. The maximum absolute atomic E-state index is 10.7. The first-order valence-electron chi connectivity index (χ1n) is 6.04. The highest BCUT2D eigenvalue weighted by Gasteiger charge is 2.12. The lowest BCUT2D eigenvalue weighted by Gasteiger charge is -2.14. The van der Waals surface area contributed by atoms with Gasteiger partial charge in [-0.05, 0) is 39.2 Å². The third kappa shape index (κ3) is 4.16. The molecule has 1 N–H and O–H groups in total. The summed E-state index contributed by atoms with van der Waals surface area (Å²) in [7, 11) is 0. The molecule has 1 heterocycles. The summed E-state index contributed by atoms with van der Waals surface area (Å²) >= 11 is 0. The molecule has 0 amide bonds. The molecule has 0 spiro atoms. The third-order valence-corrected chi connectivity index (χ3v) is 2.69. The Morgan fingerprint density at radius 2 is 2.33 bits per heavy atom. The summed E-state index contributed by atoms with van der Waals surface area (Å²) in [6, 6.07) is 3.43. The zero-order valence-electron chi connectivity index (χ0n) is 10.8. The summed E-state index contributed by atoms with van der Waals surface area (Å²) < 4.78 is 0. The largest absolute Gasteiger partial charge is 0.368 e. The first-order chi connectivity index (χ1) is 8.54. The van der Waals surface area contributed by atoms with Crippen LogP contribution in [0.2, 0.25) is 0 Å². The van der Waals surface area contributed by atoms with Gasteiger partial charge in [-0.3, -0.25) is 10.1 Å². The molecule has 0 radical (unpaired) electrons. The quantitative estimate of drug-likeness (QED) is 0.348. The Morgan fingerprint density at radius 1 is 1.61 bits per heavy atom. The lowest BCUT2D eigenvalue weighted by molar-refractivity contribution is -0.385. The van der Waals surface area contributed by atoms with Gasteiger partial charge in [0.2, 0.25) is 0 Å². The number of nitro groups is 1. The molecular weight excluding hydrogens is 230 g/mol. The molecule has 0 aliphatic heterocycles. The highest BCUT2D eigenvalue weighted by molar-refractivity contribution is 5.45. The van der Waals surface area contributed by atoms with E-state index in [0.29, 0.717) is 17.6 Å². The average Bonchev–Trinajstić information content (AvgIpc) is 2.28. The van der Waals surface area contributed by atoms with Crippen molar-refractivity contribution < 1.29 is 4.92 Å². The van der Waals surface area contributed by atoms with Crippen molar-refractivity contribution in [3.8, 4) is 0 Å². The van der Waals surface area contributed by atoms with Crippen molar-refractivity contribution in [1.29, 1.82) is 0 Å². The summed E-state index contributed by atoms with van der Waals surface area (Å²) in [5.41, 5.74) is 0.489. The molecule has 5 nitrogen and oxygen atoms in total. The molecule has 0 aromatic carbocycles. The van der Waals surface area contributed by atoms with E-state index in [2.05, 4.69) is 23.8 Å². The number of aryl methyl sites for hydroxylation is 1. The van der Waals surface area contributed by atoms with Crippen LogP contribution < -0.4 is 5.32 Å². The van der Waals surface area contributed by atoms with E-state index < -0.39 is 4.92 Å². The minimum absolute atomic E-state index is 0.0554. The van der Waals surface area contributed by atoms with Crippen molar-refractivity contribution in [2.24, 2.45) is 0 Å². The molecule has 0 aliphatic carbocycles. The molecule has 1 aromatic rings. The summed E-state index contributed by atoms with van der Waals surface area (Å²) in [5, 5.41) is 13.9. The summed E-state index contributed by atoms with van der Waals surface area (Å²) in [6.07, 6.45) is 4.99. The molecule has 0 bridgehead atoms. The van der Waals surface area contributed by atoms with E-state index in [0.717, 1.165) is 19.3 Å². The van der Waals surface area contributed by atoms with Crippen LogP contribution in [0.3, 0.4) is 0 Å². The summed E-state index contributed by atoms with van der Waals surface area (Å²) in [6.45, 7) is 7.40. The molecule has 1 aromatic heterocycles. The number of hydrogen-bond donors (Lipinski definition) is 1. The molecule has 5 heteroatoms. The van der Waals surface area contributed by atoms with Crippen molar-refractivity contribution >= 4 is 11.5 Å². The Kier molecular flexibility index (Phi) is 5.30. The number of rotatable bonds is 7. The number of nitrogens with one attached hydrogen (secondary N) is 1. The second-order valence-corrected chi connectivity index (χ2v) is 4.32. The molecule has 98 valence electrons. The van der Waals surface area contributed by atoms with Crippen LogP contribution in [0.1, 0.15) is 31.9 Å². The molecule has 18 heavy (non-hydrogen) atoms. The monoisotopic (exact) mass is 249 g/mol. The van der Waals surface area contributed by atoms with E-state index in [1.807, 2.05) is 6.08 Å². The Bertz CT molecular complexity index is 432. The van der Waals surface area contributed by atoms with Crippen LogP contribution in [0.15, 0.2) is 24.8 Å². The van der Waals surface area contributed by atoms with Gasteiger partial charge in [-0.15, -0.1) is 6.58 Å².